The highest BCUT2D eigenvalue weighted by Crippen LogP contribution is 2.35. The molecule has 1 aromatic rings. The molecule has 15 heavy (non-hydrogen) atoms. The summed E-state index contributed by atoms with van der Waals surface area (Å²) in [6, 6.07) is 0. The van der Waals surface area contributed by atoms with Crippen molar-refractivity contribution in [2.24, 2.45) is 5.92 Å². The normalized spacial score (nSPS) is 10.5. The molecular formula is C10H13BrO3S. The van der Waals surface area contributed by atoms with E-state index >= 15 is 0 Å². The van der Waals surface area contributed by atoms with E-state index in [4.69, 9.17) is 4.74 Å². The van der Waals surface area contributed by atoms with Gasteiger partial charge in [0.25, 0.3) is 0 Å². The molecule has 0 unspecified atom stereocenters. The Labute approximate surface area is 102 Å². The third-order valence-electron chi connectivity index (χ3n) is 1.64. The Morgan fingerprint density at radius 2 is 2.27 bits per heavy atom. The second-order valence-electron chi connectivity index (χ2n) is 3.44. The fourth-order valence-corrected chi connectivity index (χ4v) is 2.45. The lowest BCUT2D eigenvalue weighted by Gasteiger charge is -2.09. The minimum absolute atomic E-state index is 0.357. The van der Waals surface area contributed by atoms with Gasteiger partial charge in [0.05, 0.1) is 18.2 Å². The molecule has 1 aromatic heterocycles. The summed E-state index contributed by atoms with van der Waals surface area (Å²) in [5.41, 5.74) is 0. The van der Waals surface area contributed by atoms with E-state index in [0.717, 1.165) is 4.47 Å². The number of halogens is 1. The van der Waals surface area contributed by atoms with Gasteiger partial charge >= 0.3 is 5.97 Å². The van der Waals surface area contributed by atoms with Gasteiger partial charge in [0.2, 0.25) is 0 Å². The number of carbonyl (C=O) groups excluding carboxylic acids is 1. The summed E-state index contributed by atoms with van der Waals surface area (Å²) >= 11 is 4.66. The minimum Gasteiger partial charge on any atom is -0.490 e. The quantitative estimate of drug-likeness (QED) is 0.799. The highest BCUT2D eigenvalue weighted by atomic mass is 79.9. The van der Waals surface area contributed by atoms with Gasteiger partial charge in [-0.15, -0.1) is 11.3 Å². The molecule has 3 nitrogen and oxygen atoms in total. The highest BCUT2D eigenvalue weighted by Gasteiger charge is 2.19. The van der Waals surface area contributed by atoms with Crippen LogP contribution in [0.25, 0.3) is 0 Å². The van der Waals surface area contributed by atoms with Crippen LogP contribution in [0.4, 0.5) is 0 Å². The van der Waals surface area contributed by atoms with Gasteiger partial charge in [0.15, 0.2) is 10.6 Å². The summed E-state index contributed by atoms with van der Waals surface area (Å²) in [5, 5.41) is 1.82. The number of hydrogen-bond donors (Lipinski definition) is 0. The number of hydrogen-bond acceptors (Lipinski definition) is 4. The van der Waals surface area contributed by atoms with Crippen molar-refractivity contribution in [3.05, 3.63) is 14.7 Å². The molecule has 0 amide bonds. The molecule has 0 fully saturated rings. The average Bonchev–Trinajstić information content (AvgIpc) is 2.55. The maximum Gasteiger partial charge on any atom is 0.351 e. The van der Waals surface area contributed by atoms with E-state index in [-0.39, 0.29) is 5.97 Å². The van der Waals surface area contributed by atoms with Crippen LogP contribution in [0.15, 0.2) is 9.85 Å². The van der Waals surface area contributed by atoms with Crippen molar-refractivity contribution < 1.29 is 14.3 Å². The molecule has 0 aliphatic heterocycles. The summed E-state index contributed by atoms with van der Waals surface area (Å²) in [6.07, 6.45) is 0. The van der Waals surface area contributed by atoms with Crippen molar-refractivity contribution in [3.8, 4) is 5.75 Å². The first kappa shape index (κ1) is 12.5. The lowest BCUT2D eigenvalue weighted by Crippen LogP contribution is -2.07. The SMILES string of the molecule is COC(=O)c1scc(Br)c1OCC(C)C. The Bertz CT molecular complexity index is 346. The first-order chi connectivity index (χ1) is 7.06. The zero-order valence-electron chi connectivity index (χ0n) is 8.87. The molecule has 0 saturated carbocycles. The first-order valence-electron chi connectivity index (χ1n) is 4.54. The van der Waals surface area contributed by atoms with Crippen LogP contribution < -0.4 is 4.74 Å². The third kappa shape index (κ3) is 3.21. The summed E-state index contributed by atoms with van der Waals surface area (Å²) in [6.45, 7) is 4.69. The predicted octanol–water partition coefficient (Wildman–Crippen LogP) is 3.33. The van der Waals surface area contributed by atoms with E-state index in [0.29, 0.717) is 23.2 Å². The number of methoxy groups -OCH3 is 1. The molecule has 0 bridgehead atoms. The number of carbonyl (C=O) groups is 1. The zero-order chi connectivity index (χ0) is 11.4. The summed E-state index contributed by atoms with van der Waals surface area (Å²) in [5.74, 6) is 0.646. The summed E-state index contributed by atoms with van der Waals surface area (Å²) < 4.78 is 11.0. The fraction of sp³-hybridized carbons (Fsp3) is 0.500. The molecule has 0 N–H and O–H groups in total. The molecule has 0 spiro atoms. The van der Waals surface area contributed by atoms with Gasteiger partial charge in [-0.2, -0.15) is 0 Å². The van der Waals surface area contributed by atoms with Crippen LogP contribution >= 0.6 is 27.3 Å². The number of ether oxygens (including phenoxy) is 2. The first-order valence-corrected chi connectivity index (χ1v) is 6.21. The maximum atomic E-state index is 11.4. The van der Waals surface area contributed by atoms with Gasteiger partial charge < -0.3 is 9.47 Å². The lowest BCUT2D eigenvalue weighted by molar-refractivity contribution is 0.0601. The van der Waals surface area contributed by atoms with Gasteiger partial charge in [-0.3, -0.25) is 0 Å². The molecule has 0 saturated heterocycles. The smallest absolute Gasteiger partial charge is 0.351 e. The van der Waals surface area contributed by atoms with Crippen molar-refractivity contribution in [2.75, 3.05) is 13.7 Å². The Balaban J connectivity index is 2.84. The lowest BCUT2D eigenvalue weighted by atomic mass is 10.2. The van der Waals surface area contributed by atoms with Crippen LogP contribution in [0.2, 0.25) is 0 Å². The van der Waals surface area contributed by atoms with Crippen molar-refractivity contribution in [1.29, 1.82) is 0 Å². The molecule has 1 rings (SSSR count). The van der Waals surface area contributed by atoms with Crippen LogP contribution in [-0.2, 0) is 4.74 Å². The number of thiophene rings is 1. The van der Waals surface area contributed by atoms with Gasteiger partial charge in [-0.1, -0.05) is 13.8 Å². The molecule has 1 heterocycles. The van der Waals surface area contributed by atoms with E-state index in [1.807, 2.05) is 5.38 Å². The molecule has 0 aromatic carbocycles. The van der Waals surface area contributed by atoms with E-state index in [1.165, 1.54) is 18.4 Å². The second-order valence-corrected chi connectivity index (χ2v) is 5.17. The van der Waals surface area contributed by atoms with E-state index in [2.05, 4.69) is 34.5 Å². The molecule has 0 aliphatic carbocycles. The molecule has 5 heteroatoms. The highest BCUT2D eigenvalue weighted by molar-refractivity contribution is 9.10. The van der Waals surface area contributed by atoms with Crippen LogP contribution in [0, 0.1) is 5.92 Å². The Morgan fingerprint density at radius 1 is 1.60 bits per heavy atom. The molecular weight excluding hydrogens is 280 g/mol. The fourth-order valence-electron chi connectivity index (χ4n) is 0.944. The van der Waals surface area contributed by atoms with E-state index in [9.17, 15) is 4.79 Å². The van der Waals surface area contributed by atoms with Crippen LogP contribution in [0.3, 0.4) is 0 Å². The monoisotopic (exact) mass is 292 g/mol. The van der Waals surface area contributed by atoms with Crippen molar-refractivity contribution in [2.45, 2.75) is 13.8 Å². The van der Waals surface area contributed by atoms with Gasteiger partial charge in [-0.25, -0.2) is 4.79 Å². The topological polar surface area (TPSA) is 35.5 Å². The van der Waals surface area contributed by atoms with Gasteiger partial charge in [0.1, 0.15) is 0 Å². The maximum absolute atomic E-state index is 11.4. The molecule has 0 atom stereocenters. The molecule has 0 radical (unpaired) electrons. The largest absolute Gasteiger partial charge is 0.490 e. The van der Waals surface area contributed by atoms with Gasteiger partial charge in [0, 0.05) is 5.38 Å². The van der Waals surface area contributed by atoms with E-state index in [1.54, 1.807) is 0 Å². The molecule has 0 aliphatic rings. The second kappa shape index (κ2) is 5.51. The third-order valence-corrected chi connectivity index (χ3v) is 3.47. The number of esters is 1. The minimum atomic E-state index is -0.357. The summed E-state index contributed by atoms with van der Waals surface area (Å²) in [4.78, 5) is 11.9. The van der Waals surface area contributed by atoms with Crippen molar-refractivity contribution >= 4 is 33.2 Å². The van der Waals surface area contributed by atoms with Crippen LogP contribution in [0.1, 0.15) is 23.5 Å². The zero-order valence-corrected chi connectivity index (χ0v) is 11.3. The number of rotatable bonds is 4. The van der Waals surface area contributed by atoms with Gasteiger partial charge in [-0.05, 0) is 21.8 Å². The average molecular weight is 293 g/mol. The van der Waals surface area contributed by atoms with E-state index < -0.39 is 0 Å². The predicted molar refractivity (Wildman–Crippen MR) is 63.7 cm³/mol. The Morgan fingerprint density at radius 3 is 2.80 bits per heavy atom. The molecule has 84 valence electrons. The van der Waals surface area contributed by atoms with Crippen LogP contribution in [0.5, 0.6) is 5.75 Å². The Kier molecular flexibility index (Phi) is 4.60. The van der Waals surface area contributed by atoms with Crippen LogP contribution in [-0.4, -0.2) is 19.7 Å². The Hall–Kier alpha value is -0.550. The standard InChI is InChI=1S/C10H13BrO3S/c1-6(2)4-14-8-7(11)5-15-9(8)10(12)13-3/h5-6H,4H2,1-3H3. The summed E-state index contributed by atoms with van der Waals surface area (Å²) in [7, 11) is 1.36. The van der Waals surface area contributed by atoms with Crippen molar-refractivity contribution in [1.82, 2.24) is 0 Å². The van der Waals surface area contributed by atoms with Crippen molar-refractivity contribution in [3.63, 3.8) is 0 Å².